The van der Waals surface area contributed by atoms with Crippen LogP contribution in [0.3, 0.4) is 0 Å². The zero-order valence-corrected chi connectivity index (χ0v) is 18.5. The summed E-state index contributed by atoms with van der Waals surface area (Å²) in [6.07, 6.45) is 0. The zero-order valence-electron chi connectivity index (χ0n) is 17.7. The molecule has 0 spiro atoms. The van der Waals surface area contributed by atoms with Gasteiger partial charge in [0.25, 0.3) is 0 Å². The minimum absolute atomic E-state index is 0.650. The Bertz CT molecular complexity index is 938. The predicted octanol–water partition coefficient (Wildman–Crippen LogP) is 5.80. The van der Waals surface area contributed by atoms with Gasteiger partial charge in [-0.2, -0.15) is 0 Å². The Morgan fingerprint density at radius 1 is 0.833 bits per heavy atom. The molecule has 0 aliphatic carbocycles. The van der Waals surface area contributed by atoms with Crippen LogP contribution < -0.4 is 14.8 Å². The first kappa shape index (κ1) is 21.7. The topological polar surface area (TPSA) is 33.7 Å². The van der Waals surface area contributed by atoms with Crippen molar-refractivity contribution in [2.24, 2.45) is 0 Å². The number of thiocarbonyl (C=S) groups is 1. The first-order valence-electron chi connectivity index (χ1n) is 10.0. The van der Waals surface area contributed by atoms with E-state index in [0.717, 1.165) is 23.7 Å². The van der Waals surface area contributed by atoms with E-state index < -0.39 is 0 Å². The van der Waals surface area contributed by atoms with Crippen LogP contribution in [0.2, 0.25) is 0 Å². The lowest BCUT2D eigenvalue weighted by atomic mass is 10.1. The molecule has 3 aromatic carbocycles. The Labute approximate surface area is 184 Å². The number of nitrogens with zero attached hydrogens (tertiary/aromatic N) is 1. The average molecular weight is 421 g/mol. The number of aryl methyl sites for hydroxylation is 1. The largest absolute Gasteiger partial charge is 0.497 e. The van der Waals surface area contributed by atoms with Gasteiger partial charge < -0.3 is 19.7 Å². The van der Waals surface area contributed by atoms with Gasteiger partial charge in [-0.15, -0.1) is 0 Å². The molecule has 0 atom stereocenters. The molecule has 0 aliphatic rings. The third-order valence-corrected chi connectivity index (χ3v) is 5.09. The molecule has 0 saturated heterocycles. The summed E-state index contributed by atoms with van der Waals surface area (Å²) in [4.78, 5) is 2.16. The summed E-state index contributed by atoms with van der Waals surface area (Å²) in [7, 11) is 1.68. The molecule has 4 nitrogen and oxygen atoms in total. The lowest BCUT2D eigenvalue weighted by molar-refractivity contribution is 0.340. The summed E-state index contributed by atoms with van der Waals surface area (Å²) in [6, 6.07) is 24.5. The molecular weight excluding hydrogens is 392 g/mol. The number of methoxy groups -OCH3 is 1. The maximum atomic E-state index is 5.77. The first-order chi connectivity index (χ1) is 14.6. The van der Waals surface area contributed by atoms with Crippen LogP contribution in [0.1, 0.15) is 23.6 Å². The van der Waals surface area contributed by atoms with Crippen LogP contribution in [-0.4, -0.2) is 23.7 Å². The lowest BCUT2D eigenvalue weighted by Crippen LogP contribution is -2.33. The highest BCUT2D eigenvalue weighted by molar-refractivity contribution is 7.80. The van der Waals surface area contributed by atoms with Crippen LogP contribution in [-0.2, 0) is 13.1 Å². The van der Waals surface area contributed by atoms with Crippen LogP contribution >= 0.6 is 12.2 Å². The van der Waals surface area contributed by atoms with Crippen LogP contribution in [0, 0.1) is 6.92 Å². The molecule has 3 aromatic rings. The fraction of sp³-hybridized carbons (Fsp3) is 0.240. The smallest absolute Gasteiger partial charge is 0.174 e. The van der Waals surface area contributed by atoms with Crippen molar-refractivity contribution in [3.05, 3.63) is 89.5 Å². The standard InChI is InChI=1S/C25H28N2O2S/c1-4-29-24-15-11-22(12-16-24)26-25(30)27(17-20-7-5-19(2)6-8-20)18-21-9-13-23(28-3)14-10-21/h5-16H,4,17-18H2,1-3H3,(H,26,30). The van der Waals surface area contributed by atoms with Gasteiger partial charge in [0.05, 0.1) is 13.7 Å². The summed E-state index contributed by atoms with van der Waals surface area (Å²) in [5.74, 6) is 1.70. The Morgan fingerprint density at radius 2 is 1.37 bits per heavy atom. The van der Waals surface area contributed by atoms with E-state index in [9.17, 15) is 0 Å². The van der Waals surface area contributed by atoms with Gasteiger partial charge in [0.15, 0.2) is 5.11 Å². The molecule has 0 bridgehead atoms. The van der Waals surface area contributed by atoms with Crippen LogP contribution in [0.5, 0.6) is 11.5 Å². The Kier molecular flexibility index (Phi) is 7.69. The molecule has 0 aromatic heterocycles. The van der Waals surface area contributed by atoms with Crippen molar-refractivity contribution >= 4 is 23.0 Å². The second kappa shape index (κ2) is 10.6. The normalized spacial score (nSPS) is 10.4. The number of rotatable bonds is 8. The molecule has 0 radical (unpaired) electrons. The molecular formula is C25H28N2O2S. The first-order valence-corrected chi connectivity index (χ1v) is 10.5. The monoisotopic (exact) mass is 420 g/mol. The molecule has 0 aliphatic heterocycles. The number of hydrogen-bond acceptors (Lipinski definition) is 3. The van der Waals surface area contributed by atoms with Crippen LogP contribution in [0.4, 0.5) is 5.69 Å². The van der Waals surface area contributed by atoms with Crippen molar-refractivity contribution in [1.82, 2.24) is 4.90 Å². The molecule has 0 unspecified atom stereocenters. The predicted molar refractivity (Wildman–Crippen MR) is 127 cm³/mol. The van der Waals surface area contributed by atoms with E-state index >= 15 is 0 Å². The minimum atomic E-state index is 0.650. The molecule has 5 heteroatoms. The van der Waals surface area contributed by atoms with Crippen molar-refractivity contribution in [2.45, 2.75) is 26.9 Å². The Morgan fingerprint density at radius 3 is 1.90 bits per heavy atom. The fourth-order valence-corrected chi connectivity index (χ4v) is 3.32. The molecule has 156 valence electrons. The van der Waals surface area contributed by atoms with Crippen molar-refractivity contribution < 1.29 is 9.47 Å². The maximum absolute atomic E-state index is 5.77. The number of nitrogens with one attached hydrogen (secondary N) is 1. The quantitative estimate of drug-likeness (QED) is 0.466. The fourth-order valence-electron chi connectivity index (χ4n) is 3.07. The summed E-state index contributed by atoms with van der Waals surface area (Å²) < 4.78 is 10.8. The van der Waals surface area contributed by atoms with Crippen molar-refractivity contribution in [3.8, 4) is 11.5 Å². The minimum Gasteiger partial charge on any atom is -0.497 e. The Hall–Kier alpha value is -3.05. The van der Waals surface area contributed by atoms with Gasteiger partial charge in [-0.05, 0) is 73.6 Å². The van der Waals surface area contributed by atoms with Gasteiger partial charge in [0.2, 0.25) is 0 Å². The van der Waals surface area contributed by atoms with E-state index in [1.807, 2.05) is 43.3 Å². The van der Waals surface area contributed by atoms with E-state index in [-0.39, 0.29) is 0 Å². The van der Waals surface area contributed by atoms with Gasteiger partial charge in [0, 0.05) is 18.8 Å². The second-order valence-corrected chi connectivity index (χ2v) is 7.46. The van der Waals surface area contributed by atoms with E-state index in [0.29, 0.717) is 18.3 Å². The SMILES string of the molecule is CCOc1ccc(NC(=S)N(Cc2ccc(C)cc2)Cc2ccc(OC)cc2)cc1. The summed E-state index contributed by atoms with van der Waals surface area (Å²) in [5, 5.41) is 4.04. The highest BCUT2D eigenvalue weighted by atomic mass is 32.1. The summed E-state index contributed by atoms with van der Waals surface area (Å²) >= 11 is 5.77. The highest BCUT2D eigenvalue weighted by Gasteiger charge is 2.12. The molecule has 3 rings (SSSR count). The molecule has 0 amide bonds. The Balaban J connectivity index is 1.75. The molecule has 0 saturated carbocycles. The second-order valence-electron chi connectivity index (χ2n) is 7.08. The lowest BCUT2D eigenvalue weighted by Gasteiger charge is -2.26. The maximum Gasteiger partial charge on any atom is 0.174 e. The summed E-state index contributed by atoms with van der Waals surface area (Å²) in [6.45, 7) is 6.13. The van der Waals surface area contributed by atoms with Gasteiger partial charge in [-0.25, -0.2) is 0 Å². The highest BCUT2D eigenvalue weighted by Crippen LogP contribution is 2.19. The third-order valence-electron chi connectivity index (χ3n) is 4.73. The van der Waals surface area contributed by atoms with Gasteiger partial charge in [-0.1, -0.05) is 42.0 Å². The molecule has 1 N–H and O–H groups in total. The van der Waals surface area contributed by atoms with Gasteiger partial charge in [0.1, 0.15) is 11.5 Å². The number of ether oxygens (including phenoxy) is 2. The van der Waals surface area contributed by atoms with E-state index in [1.54, 1.807) is 7.11 Å². The van der Waals surface area contributed by atoms with Crippen LogP contribution in [0.25, 0.3) is 0 Å². The van der Waals surface area contributed by atoms with Crippen LogP contribution in [0.15, 0.2) is 72.8 Å². The zero-order chi connectivity index (χ0) is 21.3. The number of hydrogen-bond donors (Lipinski definition) is 1. The number of benzene rings is 3. The molecule has 0 heterocycles. The third kappa shape index (κ3) is 6.22. The molecule has 30 heavy (non-hydrogen) atoms. The van der Waals surface area contributed by atoms with E-state index in [1.165, 1.54) is 16.7 Å². The summed E-state index contributed by atoms with van der Waals surface area (Å²) in [5.41, 5.74) is 4.56. The van der Waals surface area contributed by atoms with Crippen molar-refractivity contribution in [3.63, 3.8) is 0 Å². The number of anilines is 1. The van der Waals surface area contributed by atoms with Gasteiger partial charge in [-0.3, -0.25) is 0 Å². The van der Waals surface area contributed by atoms with Crippen molar-refractivity contribution in [2.75, 3.05) is 19.0 Å². The molecule has 0 fully saturated rings. The van der Waals surface area contributed by atoms with E-state index in [2.05, 4.69) is 53.5 Å². The van der Waals surface area contributed by atoms with E-state index in [4.69, 9.17) is 21.7 Å². The average Bonchev–Trinajstić information content (AvgIpc) is 2.77. The van der Waals surface area contributed by atoms with Crippen molar-refractivity contribution in [1.29, 1.82) is 0 Å². The van der Waals surface area contributed by atoms with Gasteiger partial charge >= 0.3 is 0 Å².